The van der Waals surface area contributed by atoms with Gasteiger partial charge in [0.05, 0.1) is 0 Å². The second-order valence-corrected chi connectivity index (χ2v) is 2.61. The lowest BCUT2D eigenvalue weighted by Crippen LogP contribution is -2.23. The molecule has 0 saturated heterocycles. The third-order valence-corrected chi connectivity index (χ3v) is 1.58. The number of carbonyl (C=O) groups is 1. The summed E-state index contributed by atoms with van der Waals surface area (Å²) in [5.41, 5.74) is 1.05. The number of pyridine rings is 1. The van der Waals surface area contributed by atoms with Crippen LogP contribution in [0.2, 0.25) is 0 Å². The van der Waals surface area contributed by atoms with Crippen LogP contribution < -0.4 is 5.32 Å². The van der Waals surface area contributed by atoms with Gasteiger partial charge in [0.1, 0.15) is 11.8 Å². The maximum atomic E-state index is 10.1. The van der Waals surface area contributed by atoms with Crippen LogP contribution in [0, 0.1) is 11.3 Å². The van der Waals surface area contributed by atoms with Crippen molar-refractivity contribution < 1.29 is 9.90 Å². The third kappa shape index (κ3) is 3.11. The van der Waals surface area contributed by atoms with E-state index in [0.717, 1.165) is 0 Å². The van der Waals surface area contributed by atoms with Crippen LogP contribution in [0.5, 0.6) is 0 Å². The number of nitrogens with one attached hydrogen (secondary N) is 1. The highest BCUT2D eigenvalue weighted by molar-refractivity contribution is 5.64. The molecular weight excluding hydrogens is 182 g/mol. The Balaban J connectivity index is 2.51. The molecule has 1 amide bonds. The van der Waals surface area contributed by atoms with Crippen LogP contribution in [0.3, 0.4) is 0 Å². The zero-order valence-corrected chi connectivity index (χ0v) is 7.40. The molecule has 0 aliphatic heterocycles. The fourth-order valence-corrected chi connectivity index (χ4v) is 0.979. The molecule has 0 aliphatic carbocycles. The monoisotopic (exact) mass is 191 g/mol. The molecule has 0 saturated carbocycles. The minimum Gasteiger partial charge on any atom is -0.465 e. The molecule has 0 radical (unpaired) electrons. The van der Waals surface area contributed by atoms with Gasteiger partial charge in [0.2, 0.25) is 0 Å². The van der Waals surface area contributed by atoms with Crippen molar-refractivity contribution in [3.05, 3.63) is 29.6 Å². The van der Waals surface area contributed by atoms with Gasteiger partial charge in [-0.3, -0.25) is 0 Å². The Hall–Kier alpha value is -2.09. The molecule has 1 heterocycles. The van der Waals surface area contributed by atoms with E-state index in [1.807, 2.05) is 6.07 Å². The average Bonchev–Trinajstić information content (AvgIpc) is 2.18. The van der Waals surface area contributed by atoms with Crippen molar-refractivity contribution in [1.29, 1.82) is 5.26 Å². The van der Waals surface area contributed by atoms with Crippen LogP contribution in [0.4, 0.5) is 4.79 Å². The molecule has 0 bridgehead atoms. The molecule has 0 aliphatic rings. The molecule has 5 heteroatoms. The van der Waals surface area contributed by atoms with Gasteiger partial charge in [0.15, 0.2) is 0 Å². The van der Waals surface area contributed by atoms with Crippen molar-refractivity contribution in [2.45, 2.75) is 6.42 Å². The largest absolute Gasteiger partial charge is 0.465 e. The van der Waals surface area contributed by atoms with E-state index in [1.165, 1.54) is 0 Å². The summed E-state index contributed by atoms with van der Waals surface area (Å²) >= 11 is 0. The second-order valence-electron chi connectivity index (χ2n) is 2.61. The van der Waals surface area contributed by atoms with Gasteiger partial charge < -0.3 is 10.4 Å². The minimum atomic E-state index is -1.05. The molecule has 1 aromatic heterocycles. The highest BCUT2D eigenvalue weighted by Crippen LogP contribution is 1.98. The molecular formula is C9H9N3O2. The van der Waals surface area contributed by atoms with Gasteiger partial charge in [0, 0.05) is 18.7 Å². The summed E-state index contributed by atoms with van der Waals surface area (Å²) < 4.78 is 0. The Kier molecular flexibility index (Phi) is 3.44. The van der Waals surface area contributed by atoms with E-state index in [1.54, 1.807) is 18.2 Å². The number of hydrogen-bond donors (Lipinski definition) is 2. The normalized spacial score (nSPS) is 9.07. The summed E-state index contributed by atoms with van der Waals surface area (Å²) in [7, 11) is 0. The van der Waals surface area contributed by atoms with E-state index < -0.39 is 6.09 Å². The molecule has 72 valence electrons. The Morgan fingerprint density at radius 2 is 2.43 bits per heavy atom. The van der Waals surface area contributed by atoms with Crippen molar-refractivity contribution in [3.63, 3.8) is 0 Å². The first-order valence-electron chi connectivity index (χ1n) is 4.05. The first kappa shape index (κ1) is 9.99. The molecule has 0 unspecified atom stereocenters. The number of aromatic nitrogens is 1. The highest BCUT2D eigenvalue weighted by Gasteiger charge is 1.98. The maximum absolute atomic E-state index is 10.1. The fraction of sp³-hybridized carbons (Fsp3) is 0.222. The topological polar surface area (TPSA) is 86.0 Å². The van der Waals surface area contributed by atoms with Gasteiger partial charge in [-0.15, -0.1) is 0 Å². The van der Waals surface area contributed by atoms with Gasteiger partial charge in [0.25, 0.3) is 0 Å². The molecule has 14 heavy (non-hydrogen) atoms. The van der Waals surface area contributed by atoms with Crippen molar-refractivity contribution >= 4 is 6.09 Å². The molecule has 0 atom stereocenters. The van der Waals surface area contributed by atoms with Crippen molar-refractivity contribution in [2.75, 3.05) is 6.54 Å². The van der Waals surface area contributed by atoms with Gasteiger partial charge in [-0.1, -0.05) is 6.07 Å². The summed E-state index contributed by atoms with van der Waals surface area (Å²) in [6.45, 7) is 0.303. The smallest absolute Gasteiger partial charge is 0.404 e. The molecule has 5 nitrogen and oxygen atoms in total. The number of nitriles is 1. The number of nitrogens with zero attached hydrogens (tertiary/aromatic N) is 2. The van der Waals surface area contributed by atoms with E-state index in [0.29, 0.717) is 24.4 Å². The Bertz CT molecular complexity index is 371. The van der Waals surface area contributed by atoms with Gasteiger partial charge in [-0.05, 0) is 12.1 Å². The molecule has 1 aromatic rings. The van der Waals surface area contributed by atoms with Gasteiger partial charge >= 0.3 is 6.09 Å². The number of carboxylic acid groups (broad SMARTS) is 1. The van der Waals surface area contributed by atoms with Crippen molar-refractivity contribution in [3.8, 4) is 6.07 Å². The summed E-state index contributed by atoms with van der Waals surface area (Å²) in [6, 6.07) is 7.00. The van der Waals surface area contributed by atoms with E-state index in [2.05, 4.69) is 10.3 Å². The van der Waals surface area contributed by atoms with Crippen LogP contribution in [-0.4, -0.2) is 22.7 Å². The predicted octanol–water partition coefficient (Wildman–Crippen LogP) is 0.763. The van der Waals surface area contributed by atoms with E-state index >= 15 is 0 Å². The first-order chi connectivity index (χ1) is 6.72. The van der Waals surface area contributed by atoms with Crippen molar-refractivity contribution in [1.82, 2.24) is 10.3 Å². The fourth-order valence-electron chi connectivity index (χ4n) is 0.979. The van der Waals surface area contributed by atoms with E-state index in [4.69, 9.17) is 10.4 Å². The standard InChI is InChI=1S/C9H9N3O2/c10-6-8-3-1-2-7(12-8)4-5-11-9(13)14/h1-3,11H,4-5H2,(H,13,14). The van der Waals surface area contributed by atoms with Gasteiger partial charge in [-0.25, -0.2) is 9.78 Å². The number of rotatable bonds is 3. The van der Waals surface area contributed by atoms with Crippen LogP contribution in [0.25, 0.3) is 0 Å². The van der Waals surface area contributed by atoms with Crippen LogP contribution >= 0.6 is 0 Å². The molecule has 1 rings (SSSR count). The highest BCUT2D eigenvalue weighted by atomic mass is 16.4. The summed E-state index contributed by atoms with van der Waals surface area (Å²) in [4.78, 5) is 14.1. The van der Waals surface area contributed by atoms with E-state index in [-0.39, 0.29) is 0 Å². The number of amides is 1. The summed E-state index contributed by atoms with van der Waals surface area (Å²) in [6.07, 6.45) is -0.566. The average molecular weight is 191 g/mol. The minimum absolute atomic E-state index is 0.303. The Morgan fingerprint density at radius 1 is 1.64 bits per heavy atom. The second kappa shape index (κ2) is 4.82. The lowest BCUT2D eigenvalue weighted by Gasteiger charge is -2.00. The zero-order valence-electron chi connectivity index (χ0n) is 7.40. The zero-order chi connectivity index (χ0) is 10.4. The van der Waals surface area contributed by atoms with Crippen LogP contribution in [0.15, 0.2) is 18.2 Å². The SMILES string of the molecule is N#Cc1cccc(CCNC(=O)O)n1. The van der Waals surface area contributed by atoms with Crippen molar-refractivity contribution in [2.24, 2.45) is 0 Å². The Morgan fingerprint density at radius 3 is 3.07 bits per heavy atom. The molecule has 0 aromatic carbocycles. The van der Waals surface area contributed by atoms with E-state index in [9.17, 15) is 4.79 Å². The summed E-state index contributed by atoms with van der Waals surface area (Å²) in [5.74, 6) is 0. The predicted molar refractivity (Wildman–Crippen MR) is 48.7 cm³/mol. The third-order valence-electron chi connectivity index (χ3n) is 1.58. The Labute approximate surface area is 81.0 Å². The van der Waals surface area contributed by atoms with Gasteiger partial charge in [-0.2, -0.15) is 5.26 Å². The maximum Gasteiger partial charge on any atom is 0.404 e. The first-order valence-corrected chi connectivity index (χ1v) is 4.05. The lowest BCUT2D eigenvalue weighted by atomic mass is 10.2. The van der Waals surface area contributed by atoms with Crippen LogP contribution in [0.1, 0.15) is 11.4 Å². The summed E-state index contributed by atoms with van der Waals surface area (Å²) in [5, 5.41) is 19.1. The number of hydrogen-bond acceptors (Lipinski definition) is 3. The quantitative estimate of drug-likeness (QED) is 0.738. The molecule has 0 fully saturated rings. The molecule has 0 spiro atoms. The molecule has 2 N–H and O–H groups in total. The van der Waals surface area contributed by atoms with Crippen LogP contribution in [-0.2, 0) is 6.42 Å². The lowest BCUT2D eigenvalue weighted by molar-refractivity contribution is 0.194.